The van der Waals surface area contributed by atoms with E-state index in [1.54, 1.807) is 0 Å². The molecule has 0 spiro atoms. The fraction of sp³-hybridized carbons (Fsp3) is 0.714. The summed E-state index contributed by atoms with van der Waals surface area (Å²) >= 11 is 0. The maximum absolute atomic E-state index is 10.2. The summed E-state index contributed by atoms with van der Waals surface area (Å²) in [4.78, 5) is 4.70. The lowest BCUT2D eigenvalue weighted by molar-refractivity contribution is 0.0983. The van der Waals surface area contributed by atoms with E-state index in [0.717, 1.165) is 44.7 Å². The van der Waals surface area contributed by atoms with E-state index in [1.165, 1.54) is 0 Å². The highest BCUT2D eigenvalue weighted by molar-refractivity contribution is 5.27. The van der Waals surface area contributed by atoms with Crippen LogP contribution in [0.15, 0.2) is 23.8 Å². The maximum atomic E-state index is 10.2. The minimum Gasteiger partial charge on any atom is -0.387 e. The van der Waals surface area contributed by atoms with Crippen molar-refractivity contribution >= 4 is 0 Å². The summed E-state index contributed by atoms with van der Waals surface area (Å²) in [5, 5.41) is 10.2. The van der Waals surface area contributed by atoms with E-state index in [9.17, 15) is 5.11 Å². The predicted octanol–water partition coefficient (Wildman–Crippen LogP) is 1.12. The summed E-state index contributed by atoms with van der Waals surface area (Å²) in [6.45, 7) is 7.33. The average Bonchev–Trinajstić information content (AvgIpc) is 2.32. The Labute approximate surface area is 104 Å². The van der Waals surface area contributed by atoms with Gasteiger partial charge in [0.1, 0.15) is 0 Å². The quantitative estimate of drug-likeness (QED) is 0.795. The van der Waals surface area contributed by atoms with Crippen LogP contribution in [0, 0.1) is 5.92 Å². The van der Waals surface area contributed by atoms with Gasteiger partial charge in [0.2, 0.25) is 0 Å². The number of hydrogen-bond acceptors (Lipinski definition) is 3. The van der Waals surface area contributed by atoms with E-state index in [4.69, 9.17) is 0 Å². The van der Waals surface area contributed by atoms with Crippen molar-refractivity contribution in [2.24, 2.45) is 5.92 Å². The van der Waals surface area contributed by atoms with Gasteiger partial charge in [-0.05, 0) is 25.0 Å². The average molecular weight is 236 g/mol. The highest BCUT2D eigenvalue weighted by Gasteiger charge is 2.19. The number of nitrogens with zero attached hydrogens (tertiary/aromatic N) is 2. The normalized spacial score (nSPS) is 29.1. The zero-order valence-electron chi connectivity index (χ0n) is 11.0. The second-order valence-corrected chi connectivity index (χ2v) is 5.40. The molecular weight excluding hydrogens is 212 g/mol. The van der Waals surface area contributed by atoms with Crippen molar-refractivity contribution in [2.45, 2.75) is 19.4 Å². The molecule has 1 N–H and O–H groups in total. The van der Waals surface area contributed by atoms with Crippen LogP contribution in [0.1, 0.15) is 13.3 Å². The van der Waals surface area contributed by atoms with Crippen LogP contribution in [0.3, 0.4) is 0 Å². The Bertz CT molecular complexity index is 303. The molecule has 0 bridgehead atoms. The molecule has 0 saturated carbocycles. The zero-order chi connectivity index (χ0) is 12.3. The minimum absolute atomic E-state index is 0.322. The van der Waals surface area contributed by atoms with Gasteiger partial charge in [0.25, 0.3) is 0 Å². The fourth-order valence-corrected chi connectivity index (χ4v) is 2.47. The van der Waals surface area contributed by atoms with Crippen molar-refractivity contribution in [1.82, 2.24) is 9.80 Å². The molecule has 1 heterocycles. The van der Waals surface area contributed by atoms with Crippen LogP contribution in [-0.4, -0.2) is 60.8 Å². The summed E-state index contributed by atoms with van der Waals surface area (Å²) in [6, 6.07) is 0. The largest absolute Gasteiger partial charge is 0.387 e. The third kappa shape index (κ3) is 3.66. The molecule has 1 fully saturated rings. The molecule has 2 rings (SSSR count). The first kappa shape index (κ1) is 12.8. The Balaban J connectivity index is 1.84. The van der Waals surface area contributed by atoms with Gasteiger partial charge >= 0.3 is 0 Å². The molecule has 1 aliphatic carbocycles. The topological polar surface area (TPSA) is 26.7 Å². The number of allylic oxidation sites excluding steroid dienone is 2. The van der Waals surface area contributed by atoms with Gasteiger partial charge in [-0.3, -0.25) is 4.90 Å². The number of aliphatic hydroxyl groups is 1. The van der Waals surface area contributed by atoms with Gasteiger partial charge in [-0.2, -0.15) is 0 Å². The molecular formula is C14H24N2O. The summed E-state index contributed by atoms with van der Waals surface area (Å²) in [6.07, 6.45) is 7.25. The van der Waals surface area contributed by atoms with Crippen LogP contribution < -0.4 is 0 Å². The maximum Gasteiger partial charge on any atom is 0.0913 e. The minimum atomic E-state index is -0.322. The summed E-state index contributed by atoms with van der Waals surface area (Å²) < 4.78 is 0. The van der Waals surface area contributed by atoms with Crippen LogP contribution in [0.2, 0.25) is 0 Å². The molecule has 1 aliphatic heterocycles. The van der Waals surface area contributed by atoms with Gasteiger partial charge in [0, 0.05) is 32.7 Å². The van der Waals surface area contributed by atoms with Gasteiger partial charge in [-0.1, -0.05) is 25.2 Å². The van der Waals surface area contributed by atoms with E-state index in [2.05, 4.69) is 42.0 Å². The lowest BCUT2D eigenvalue weighted by atomic mass is 9.95. The summed E-state index contributed by atoms with van der Waals surface area (Å²) in [5.41, 5.74) is 1.10. The standard InChI is InChI=1S/C14H24N2O/c1-12-4-3-5-13(10-12)14(17)11-16-8-6-15(2)7-9-16/h3,5,10,12,14,17H,4,6-9,11H2,1-2H3. The third-order valence-electron chi connectivity index (χ3n) is 3.71. The molecule has 0 aromatic rings. The van der Waals surface area contributed by atoms with Gasteiger partial charge in [-0.15, -0.1) is 0 Å². The molecule has 0 radical (unpaired) electrons. The van der Waals surface area contributed by atoms with Crippen LogP contribution >= 0.6 is 0 Å². The van der Waals surface area contributed by atoms with Gasteiger partial charge in [0.05, 0.1) is 6.10 Å². The Morgan fingerprint density at radius 1 is 1.35 bits per heavy atom. The fourth-order valence-electron chi connectivity index (χ4n) is 2.47. The number of β-amino-alcohol motifs (C(OH)–C–C–N with tert-alkyl or cyclic N) is 1. The number of hydrogen-bond donors (Lipinski definition) is 1. The molecule has 3 nitrogen and oxygen atoms in total. The monoisotopic (exact) mass is 236 g/mol. The van der Waals surface area contributed by atoms with Crippen molar-refractivity contribution in [3.8, 4) is 0 Å². The smallest absolute Gasteiger partial charge is 0.0913 e. The molecule has 2 unspecified atom stereocenters. The third-order valence-corrected chi connectivity index (χ3v) is 3.71. The second-order valence-electron chi connectivity index (χ2n) is 5.40. The van der Waals surface area contributed by atoms with Crippen molar-refractivity contribution in [1.29, 1.82) is 0 Å². The highest BCUT2D eigenvalue weighted by Crippen LogP contribution is 2.19. The number of rotatable bonds is 3. The van der Waals surface area contributed by atoms with E-state index >= 15 is 0 Å². The first-order valence-corrected chi connectivity index (χ1v) is 6.62. The van der Waals surface area contributed by atoms with Crippen molar-refractivity contribution in [2.75, 3.05) is 39.8 Å². The van der Waals surface area contributed by atoms with E-state index in [-0.39, 0.29) is 6.10 Å². The molecule has 17 heavy (non-hydrogen) atoms. The molecule has 96 valence electrons. The molecule has 0 aromatic carbocycles. The molecule has 2 aliphatic rings. The SMILES string of the molecule is CC1C=C(C(O)CN2CCN(C)CC2)C=CC1. The molecule has 2 atom stereocenters. The number of likely N-dealkylation sites (N-methyl/N-ethyl adjacent to an activating group) is 1. The summed E-state index contributed by atoms with van der Waals surface area (Å²) in [5.74, 6) is 0.567. The van der Waals surface area contributed by atoms with Crippen LogP contribution in [-0.2, 0) is 0 Å². The van der Waals surface area contributed by atoms with Crippen LogP contribution in [0.4, 0.5) is 0 Å². The van der Waals surface area contributed by atoms with E-state index < -0.39 is 0 Å². The van der Waals surface area contributed by atoms with Gasteiger partial charge < -0.3 is 10.0 Å². The Hall–Kier alpha value is -0.640. The summed E-state index contributed by atoms with van der Waals surface area (Å²) in [7, 11) is 2.15. The zero-order valence-corrected chi connectivity index (χ0v) is 11.0. The van der Waals surface area contributed by atoms with Crippen molar-refractivity contribution in [3.63, 3.8) is 0 Å². The van der Waals surface area contributed by atoms with E-state index in [1.807, 2.05) is 0 Å². The molecule has 0 amide bonds. The van der Waals surface area contributed by atoms with Crippen molar-refractivity contribution in [3.05, 3.63) is 23.8 Å². The first-order valence-electron chi connectivity index (χ1n) is 6.62. The van der Waals surface area contributed by atoms with Crippen LogP contribution in [0.25, 0.3) is 0 Å². The molecule has 3 heteroatoms. The molecule has 0 aromatic heterocycles. The Morgan fingerprint density at radius 3 is 2.71 bits per heavy atom. The lowest BCUT2D eigenvalue weighted by Gasteiger charge is -2.34. The lowest BCUT2D eigenvalue weighted by Crippen LogP contribution is -2.47. The van der Waals surface area contributed by atoms with Gasteiger partial charge in [0.15, 0.2) is 0 Å². The van der Waals surface area contributed by atoms with Crippen LogP contribution in [0.5, 0.6) is 0 Å². The highest BCUT2D eigenvalue weighted by atomic mass is 16.3. The number of piperazine rings is 1. The van der Waals surface area contributed by atoms with Crippen molar-refractivity contribution < 1.29 is 5.11 Å². The Morgan fingerprint density at radius 2 is 2.06 bits per heavy atom. The number of aliphatic hydroxyl groups excluding tert-OH is 1. The molecule has 1 saturated heterocycles. The van der Waals surface area contributed by atoms with Gasteiger partial charge in [-0.25, -0.2) is 0 Å². The Kier molecular flexibility index (Phi) is 4.37. The second kappa shape index (κ2) is 5.80. The predicted molar refractivity (Wildman–Crippen MR) is 70.9 cm³/mol. The van der Waals surface area contributed by atoms with E-state index in [0.29, 0.717) is 5.92 Å². The first-order chi connectivity index (χ1) is 8.15.